The third-order valence-corrected chi connectivity index (χ3v) is 3.51. The van der Waals surface area contributed by atoms with Gasteiger partial charge in [0.1, 0.15) is 18.0 Å². The summed E-state index contributed by atoms with van der Waals surface area (Å²) >= 11 is 0. The smallest absolute Gasteiger partial charge is 0.244 e. The van der Waals surface area contributed by atoms with E-state index in [9.17, 15) is 9.59 Å². The van der Waals surface area contributed by atoms with Gasteiger partial charge in [0.05, 0.1) is 19.4 Å². The Hall–Kier alpha value is -3.02. The standard InChI is InChI=1S/C19H22N2O4/c1-4-25-16-11-9-15(10-12-16)20-19(23)13-21(14(2)22)17-7-5-6-8-18(17)24-3/h5-12H,4,13H2,1-3H3,(H,20,23). The van der Waals surface area contributed by atoms with Crippen LogP contribution in [-0.2, 0) is 9.59 Å². The van der Waals surface area contributed by atoms with Gasteiger partial charge in [-0.25, -0.2) is 0 Å². The van der Waals surface area contributed by atoms with Crippen molar-refractivity contribution in [1.29, 1.82) is 0 Å². The molecule has 0 aliphatic carbocycles. The average molecular weight is 342 g/mol. The molecule has 2 aromatic carbocycles. The second-order valence-corrected chi connectivity index (χ2v) is 5.28. The SMILES string of the molecule is CCOc1ccc(NC(=O)CN(C(C)=O)c2ccccc2OC)cc1. The van der Waals surface area contributed by atoms with Gasteiger partial charge in [-0.1, -0.05) is 12.1 Å². The lowest BCUT2D eigenvalue weighted by Gasteiger charge is -2.22. The molecule has 0 heterocycles. The van der Waals surface area contributed by atoms with Crippen molar-refractivity contribution in [2.45, 2.75) is 13.8 Å². The van der Waals surface area contributed by atoms with Crippen LogP contribution in [0.5, 0.6) is 11.5 Å². The molecule has 6 heteroatoms. The largest absolute Gasteiger partial charge is 0.495 e. The fraction of sp³-hybridized carbons (Fsp3) is 0.263. The maximum Gasteiger partial charge on any atom is 0.244 e. The van der Waals surface area contributed by atoms with Crippen molar-refractivity contribution in [3.05, 3.63) is 48.5 Å². The molecule has 0 fully saturated rings. The molecule has 0 saturated carbocycles. The summed E-state index contributed by atoms with van der Waals surface area (Å²) in [4.78, 5) is 25.7. The summed E-state index contributed by atoms with van der Waals surface area (Å²) in [7, 11) is 1.52. The van der Waals surface area contributed by atoms with Crippen molar-refractivity contribution in [2.75, 3.05) is 30.5 Å². The lowest BCUT2D eigenvalue weighted by molar-refractivity contribution is -0.120. The van der Waals surface area contributed by atoms with E-state index in [1.807, 2.05) is 6.92 Å². The lowest BCUT2D eigenvalue weighted by Crippen LogP contribution is -2.36. The summed E-state index contributed by atoms with van der Waals surface area (Å²) in [6.45, 7) is 3.79. The van der Waals surface area contributed by atoms with Crippen LogP contribution in [0.1, 0.15) is 13.8 Å². The Labute approximate surface area is 147 Å². The van der Waals surface area contributed by atoms with E-state index in [-0.39, 0.29) is 18.4 Å². The Kier molecular flexibility index (Phi) is 6.39. The summed E-state index contributed by atoms with van der Waals surface area (Å²) < 4.78 is 10.6. The Morgan fingerprint density at radius 1 is 1.08 bits per heavy atom. The van der Waals surface area contributed by atoms with Crippen LogP contribution >= 0.6 is 0 Å². The first kappa shape index (κ1) is 18.3. The number of benzene rings is 2. The highest BCUT2D eigenvalue weighted by Crippen LogP contribution is 2.27. The number of amides is 2. The first-order chi connectivity index (χ1) is 12.0. The minimum atomic E-state index is -0.301. The molecule has 2 aromatic rings. The molecule has 0 radical (unpaired) electrons. The number of anilines is 2. The number of hydrogen-bond donors (Lipinski definition) is 1. The minimum absolute atomic E-state index is 0.108. The number of hydrogen-bond acceptors (Lipinski definition) is 4. The summed E-state index contributed by atoms with van der Waals surface area (Å²) in [5, 5.41) is 2.77. The molecule has 0 aromatic heterocycles. The van der Waals surface area contributed by atoms with E-state index >= 15 is 0 Å². The number of methoxy groups -OCH3 is 1. The van der Waals surface area contributed by atoms with Crippen LogP contribution < -0.4 is 19.7 Å². The van der Waals surface area contributed by atoms with Gasteiger partial charge in [0.25, 0.3) is 0 Å². The highest BCUT2D eigenvalue weighted by molar-refractivity contribution is 6.02. The molecule has 6 nitrogen and oxygen atoms in total. The monoisotopic (exact) mass is 342 g/mol. The minimum Gasteiger partial charge on any atom is -0.495 e. The van der Waals surface area contributed by atoms with Crippen LogP contribution in [0.15, 0.2) is 48.5 Å². The maximum atomic E-state index is 12.3. The van der Waals surface area contributed by atoms with Gasteiger partial charge >= 0.3 is 0 Å². The van der Waals surface area contributed by atoms with Crippen molar-refractivity contribution in [3.63, 3.8) is 0 Å². The molecule has 25 heavy (non-hydrogen) atoms. The van der Waals surface area contributed by atoms with E-state index in [1.54, 1.807) is 48.5 Å². The number of nitrogens with zero attached hydrogens (tertiary/aromatic N) is 1. The molecule has 0 aliphatic heterocycles. The topological polar surface area (TPSA) is 67.9 Å². The van der Waals surface area contributed by atoms with Crippen LogP contribution in [0.3, 0.4) is 0 Å². The van der Waals surface area contributed by atoms with Gasteiger partial charge in [-0.2, -0.15) is 0 Å². The zero-order valence-electron chi connectivity index (χ0n) is 14.6. The fourth-order valence-corrected chi connectivity index (χ4v) is 2.36. The van der Waals surface area contributed by atoms with Gasteiger partial charge in [0.15, 0.2) is 0 Å². The number of rotatable bonds is 7. The number of carbonyl (C=O) groups is 2. The van der Waals surface area contributed by atoms with Gasteiger partial charge in [-0.3, -0.25) is 14.5 Å². The molecular formula is C19H22N2O4. The highest BCUT2D eigenvalue weighted by atomic mass is 16.5. The van der Waals surface area contributed by atoms with Crippen molar-refractivity contribution in [2.24, 2.45) is 0 Å². The Morgan fingerprint density at radius 3 is 2.36 bits per heavy atom. The molecule has 0 unspecified atom stereocenters. The van der Waals surface area contributed by atoms with Crippen LogP contribution in [0, 0.1) is 0 Å². The molecule has 1 N–H and O–H groups in total. The molecule has 0 bridgehead atoms. The molecule has 0 spiro atoms. The van der Waals surface area contributed by atoms with Gasteiger partial charge in [-0.15, -0.1) is 0 Å². The molecule has 2 rings (SSSR count). The van der Waals surface area contributed by atoms with Gasteiger partial charge in [-0.05, 0) is 43.3 Å². The van der Waals surface area contributed by atoms with Gasteiger partial charge in [0.2, 0.25) is 11.8 Å². The lowest BCUT2D eigenvalue weighted by atomic mass is 10.2. The van der Waals surface area contributed by atoms with Crippen molar-refractivity contribution in [3.8, 4) is 11.5 Å². The zero-order chi connectivity index (χ0) is 18.2. The summed E-state index contributed by atoms with van der Waals surface area (Å²) in [6, 6.07) is 14.1. The second-order valence-electron chi connectivity index (χ2n) is 5.28. The normalized spacial score (nSPS) is 10.0. The van der Waals surface area contributed by atoms with E-state index in [1.165, 1.54) is 18.9 Å². The van der Waals surface area contributed by atoms with Crippen molar-refractivity contribution >= 4 is 23.2 Å². The quantitative estimate of drug-likeness (QED) is 0.840. The third-order valence-electron chi connectivity index (χ3n) is 3.51. The predicted octanol–water partition coefficient (Wildman–Crippen LogP) is 3.09. The number of carbonyl (C=O) groups excluding carboxylic acids is 2. The summed E-state index contributed by atoms with van der Waals surface area (Å²) in [6.07, 6.45) is 0. The van der Waals surface area contributed by atoms with Crippen LogP contribution in [-0.4, -0.2) is 32.1 Å². The van der Waals surface area contributed by atoms with Crippen molar-refractivity contribution in [1.82, 2.24) is 0 Å². The Morgan fingerprint density at radius 2 is 1.76 bits per heavy atom. The molecule has 2 amide bonds. The van der Waals surface area contributed by atoms with E-state index in [0.29, 0.717) is 23.7 Å². The first-order valence-corrected chi connectivity index (χ1v) is 7.99. The fourth-order valence-electron chi connectivity index (χ4n) is 2.36. The molecule has 0 saturated heterocycles. The van der Waals surface area contributed by atoms with Crippen LogP contribution in [0.4, 0.5) is 11.4 Å². The Balaban J connectivity index is 2.09. The van der Waals surface area contributed by atoms with E-state index in [2.05, 4.69) is 5.32 Å². The van der Waals surface area contributed by atoms with E-state index in [0.717, 1.165) is 5.75 Å². The summed E-state index contributed by atoms with van der Waals surface area (Å²) in [5.74, 6) is 0.725. The predicted molar refractivity (Wildman–Crippen MR) is 97.3 cm³/mol. The number of nitrogens with one attached hydrogen (secondary N) is 1. The Bertz CT molecular complexity index is 728. The maximum absolute atomic E-state index is 12.3. The number of ether oxygens (including phenoxy) is 2. The van der Waals surface area contributed by atoms with Gasteiger partial charge in [0, 0.05) is 12.6 Å². The molecule has 0 atom stereocenters. The zero-order valence-corrected chi connectivity index (χ0v) is 14.6. The average Bonchev–Trinajstić information content (AvgIpc) is 2.61. The van der Waals surface area contributed by atoms with E-state index in [4.69, 9.17) is 9.47 Å². The van der Waals surface area contributed by atoms with E-state index < -0.39 is 0 Å². The number of para-hydroxylation sites is 2. The third kappa shape index (κ3) is 4.97. The molecule has 132 valence electrons. The first-order valence-electron chi connectivity index (χ1n) is 7.99. The van der Waals surface area contributed by atoms with Gasteiger partial charge < -0.3 is 14.8 Å². The highest BCUT2D eigenvalue weighted by Gasteiger charge is 2.19. The van der Waals surface area contributed by atoms with Crippen LogP contribution in [0.25, 0.3) is 0 Å². The van der Waals surface area contributed by atoms with Crippen LogP contribution in [0.2, 0.25) is 0 Å². The van der Waals surface area contributed by atoms with Crippen molar-refractivity contribution < 1.29 is 19.1 Å². The second kappa shape index (κ2) is 8.73. The summed E-state index contributed by atoms with van der Waals surface area (Å²) in [5.41, 5.74) is 1.19. The molecular weight excluding hydrogens is 320 g/mol. The molecule has 0 aliphatic rings.